The lowest BCUT2D eigenvalue weighted by Crippen LogP contribution is -2.19. The van der Waals surface area contributed by atoms with Gasteiger partial charge in [0.05, 0.1) is 6.61 Å². The SMILES string of the molecule is CCOC(=O)c1cc2nc3ccc(-c4cccc5ccccc45)cn3c2[nH]c1=O. The highest BCUT2D eigenvalue weighted by molar-refractivity contribution is 5.97. The molecule has 6 nitrogen and oxygen atoms in total. The number of ether oxygens (including phenoxy) is 1. The summed E-state index contributed by atoms with van der Waals surface area (Å²) in [4.78, 5) is 31.8. The standard InChI is InChI=1S/C23H17N3O3/c1-2-29-23(28)18-12-19-21(25-22(18)27)26-13-15(10-11-20(26)24-19)17-9-5-7-14-6-3-4-8-16(14)17/h3-13H,2H2,1H3,(H,25,27). The number of aromatic nitrogens is 3. The average Bonchev–Trinajstić information content (AvgIpc) is 3.09. The molecule has 0 aliphatic carbocycles. The van der Waals surface area contributed by atoms with Crippen molar-refractivity contribution in [3.63, 3.8) is 0 Å². The van der Waals surface area contributed by atoms with Crippen molar-refractivity contribution in [2.24, 2.45) is 0 Å². The fraction of sp³-hybridized carbons (Fsp3) is 0.0870. The van der Waals surface area contributed by atoms with Crippen LogP contribution >= 0.6 is 0 Å². The maximum atomic E-state index is 12.4. The highest BCUT2D eigenvalue weighted by atomic mass is 16.5. The molecule has 0 atom stereocenters. The molecule has 3 aromatic heterocycles. The number of benzene rings is 2. The Bertz CT molecular complexity index is 1460. The second kappa shape index (κ2) is 6.60. The Kier molecular flexibility index (Phi) is 3.91. The van der Waals surface area contributed by atoms with Gasteiger partial charge in [-0.25, -0.2) is 9.78 Å². The van der Waals surface area contributed by atoms with E-state index >= 15 is 0 Å². The minimum atomic E-state index is -0.649. The van der Waals surface area contributed by atoms with Gasteiger partial charge in [0.1, 0.15) is 22.4 Å². The fourth-order valence-electron chi connectivity index (χ4n) is 3.66. The number of esters is 1. The molecule has 2 aromatic carbocycles. The number of imidazole rings is 1. The Balaban J connectivity index is 1.72. The predicted octanol–water partition coefficient (Wildman–Crippen LogP) is 4.17. The summed E-state index contributed by atoms with van der Waals surface area (Å²) in [5.41, 5.74) is 3.31. The number of carbonyl (C=O) groups excluding carboxylic acids is 1. The third kappa shape index (κ3) is 2.77. The molecule has 5 aromatic rings. The van der Waals surface area contributed by atoms with Gasteiger partial charge in [-0.05, 0) is 47.0 Å². The lowest BCUT2D eigenvalue weighted by Gasteiger charge is -2.08. The largest absolute Gasteiger partial charge is 0.462 e. The van der Waals surface area contributed by atoms with Crippen LogP contribution in [-0.4, -0.2) is 26.9 Å². The maximum Gasteiger partial charge on any atom is 0.343 e. The zero-order valence-electron chi connectivity index (χ0n) is 15.7. The molecule has 3 heterocycles. The van der Waals surface area contributed by atoms with Crippen molar-refractivity contribution in [2.45, 2.75) is 6.92 Å². The van der Waals surface area contributed by atoms with Gasteiger partial charge >= 0.3 is 5.97 Å². The zero-order valence-corrected chi connectivity index (χ0v) is 15.7. The summed E-state index contributed by atoms with van der Waals surface area (Å²) in [5.74, 6) is -0.649. The van der Waals surface area contributed by atoms with E-state index in [1.165, 1.54) is 6.07 Å². The first kappa shape index (κ1) is 17.2. The van der Waals surface area contributed by atoms with Gasteiger partial charge in [-0.1, -0.05) is 42.5 Å². The number of nitrogens with zero attached hydrogens (tertiary/aromatic N) is 2. The van der Waals surface area contributed by atoms with E-state index in [4.69, 9.17) is 4.74 Å². The van der Waals surface area contributed by atoms with Gasteiger partial charge < -0.3 is 9.72 Å². The minimum absolute atomic E-state index is 0.0444. The Morgan fingerprint density at radius 2 is 1.93 bits per heavy atom. The molecular formula is C23H17N3O3. The van der Waals surface area contributed by atoms with Gasteiger partial charge in [0.15, 0.2) is 0 Å². The average molecular weight is 383 g/mol. The first-order valence-electron chi connectivity index (χ1n) is 9.36. The van der Waals surface area contributed by atoms with Gasteiger partial charge in [0, 0.05) is 6.20 Å². The van der Waals surface area contributed by atoms with Crippen molar-refractivity contribution < 1.29 is 9.53 Å². The number of rotatable bonds is 3. The summed E-state index contributed by atoms with van der Waals surface area (Å²) in [6.45, 7) is 1.90. The smallest absolute Gasteiger partial charge is 0.343 e. The predicted molar refractivity (Wildman–Crippen MR) is 112 cm³/mol. The summed E-state index contributed by atoms with van der Waals surface area (Å²) in [5, 5.41) is 2.31. The lowest BCUT2D eigenvalue weighted by molar-refractivity contribution is 0.0524. The van der Waals surface area contributed by atoms with E-state index in [1.807, 2.05) is 40.9 Å². The van der Waals surface area contributed by atoms with Crippen molar-refractivity contribution >= 4 is 33.6 Å². The second-order valence-electron chi connectivity index (χ2n) is 6.75. The number of hydrogen-bond acceptors (Lipinski definition) is 4. The molecule has 0 aliphatic heterocycles. The molecule has 0 aliphatic rings. The Morgan fingerprint density at radius 3 is 2.79 bits per heavy atom. The molecule has 0 radical (unpaired) electrons. The molecule has 5 rings (SSSR count). The molecule has 0 bridgehead atoms. The monoisotopic (exact) mass is 383 g/mol. The topological polar surface area (TPSA) is 76.5 Å². The number of pyridine rings is 2. The van der Waals surface area contributed by atoms with E-state index in [9.17, 15) is 9.59 Å². The lowest BCUT2D eigenvalue weighted by atomic mass is 9.99. The zero-order chi connectivity index (χ0) is 20.0. The number of aromatic amines is 1. The van der Waals surface area contributed by atoms with Crippen LogP contribution in [0.3, 0.4) is 0 Å². The molecule has 6 heteroatoms. The maximum absolute atomic E-state index is 12.4. The normalized spacial score (nSPS) is 11.3. The fourth-order valence-corrected chi connectivity index (χ4v) is 3.66. The van der Waals surface area contributed by atoms with Gasteiger partial charge in [-0.3, -0.25) is 9.20 Å². The molecule has 142 valence electrons. The van der Waals surface area contributed by atoms with Gasteiger partial charge in [-0.15, -0.1) is 0 Å². The highest BCUT2D eigenvalue weighted by Gasteiger charge is 2.16. The van der Waals surface area contributed by atoms with Crippen LogP contribution in [0.15, 0.2) is 71.7 Å². The van der Waals surface area contributed by atoms with Crippen molar-refractivity contribution in [3.8, 4) is 11.1 Å². The molecule has 1 N–H and O–H groups in total. The number of H-pyrrole nitrogens is 1. The second-order valence-corrected chi connectivity index (χ2v) is 6.75. The molecule has 0 saturated carbocycles. The molecule has 0 saturated heterocycles. The third-order valence-electron chi connectivity index (χ3n) is 5.00. The number of carbonyl (C=O) groups is 1. The van der Waals surface area contributed by atoms with Gasteiger partial charge in [0.2, 0.25) is 0 Å². The van der Waals surface area contributed by atoms with Crippen LogP contribution < -0.4 is 5.56 Å². The Morgan fingerprint density at radius 1 is 1.10 bits per heavy atom. The molecule has 0 spiro atoms. The summed E-state index contributed by atoms with van der Waals surface area (Å²) < 4.78 is 6.79. The summed E-state index contributed by atoms with van der Waals surface area (Å²) >= 11 is 0. The third-order valence-corrected chi connectivity index (χ3v) is 5.00. The van der Waals surface area contributed by atoms with E-state index in [0.717, 1.165) is 21.9 Å². The quantitative estimate of drug-likeness (QED) is 0.474. The van der Waals surface area contributed by atoms with E-state index < -0.39 is 11.5 Å². The molecule has 29 heavy (non-hydrogen) atoms. The number of hydrogen-bond donors (Lipinski definition) is 1. The summed E-state index contributed by atoms with van der Waals surface area (Å²) in [6.07, 6.45) is 1.95. The van der Waals surface area contributed by atoms with E-state index in [-0.39, 0.29) is 12.2 Å². The molecule has 0 amide bonds. The summed E-state index contributed by atoms with van der Waals surface area (Å²) in [7, 11) is 0. The number of nitrogens with one attached hydrogen (secondary N) is 1. The van der Waals surface area contributed by atoms with Crippen molar-refractivity contribution in [1.82, 2.24) is 14.4 Å². The first-order chi connectivity index (χ1) is 14.2. The number of fused-ring (bicyclic) bond motifs is 4. The molecule has 0 unspecified atom stereocenters. The molecular weight excluding hydrogens is 366 g/mol. The van der Waals surface area contributed by atoms with Crippen LogP contribution in [0.1, 0.15) is 17.3 Å². The van der Waals surface area contributed by atoms with E-state index in [1.54, 1.807) is 6.92 Å². The van der Waals surface area contributed by atoms with Crippen LogP contribution in [0.2, 0.25) is 0 Å². The van der Waals surface area contributed by atoms with Crippen molar-refractivity contribution in [3.05, 3.63) is 82.8 Å². The van der Waals surface area contributed by atoms with Crippen LogP contribution in [0.4, 0.5) is 0 Å². The summed E-state index contributed by atoms with van der Waals surface area (Å²) in [6, 6.07) is 19.8. The highest BCUT2D eigenvalue weighted by Crippen LogP contribution is 2.29. The minimum Gasteiger partial charge on any atom is -0.462 e. The molecule has 0 fully saturated rings. The van der Waals surface area contributed by atoms with Gasteiger partial charge in [-0.2, -0.15) is 0 Å². The van der Waals surface area contributed by atoms with E-state index in [2.05, 4.69) is 34.2 Å². The van der Waals surface area contributed by atoms with Crippen LogP contribution in [0, 0.1) is 0 Å². The van der Waals surface area contributed by atoms with Crippen LogP contribution in [-0.2, 0) is 4.74 Å². The van der Waals surface area contributed by atoms with Crippen molar-refractivity contribution in [2.75, 3.05) is 6.61 Å². The van der Waals surface area contributed by atoms with Gasteiger partial charge in [0.25, 0.3) is 5.56 Å². The van der Waals surface area contributed by atoms with Crippen LogP contribution in [0.5, 0.6) is 0 Å². The van der Waals surface area contributed by atoms with E-state index in [0.29, 0.717) is 16.8 Å². The van der Waals surface area contributed by atoms with Crippen LogP contribution in [0.25, 0.3) is 38.7 Å². The Labute approximate surface area is 165 Å². The first-order valence-corrected chi connectivity index (χ1v) is 9.36. The Hall–Kier alpha value is -3.93. The van der Waals surface area contributed by atoms with Crippen molar-refractivity contribution in [1.29, 1.82) is 0 Å².